The van der Waals surface area contributed by atoms with Crippen LogP contribution in [0.1, 0.15) is 47.3 Å². The molecule has 1 aliphatic heterocycles. The molecule has 0 fully saturated rings. The second-order valence-electron chi connectivity index (χ2n) is 7.94. The molecule has 0 saturated carbocycles. The molecule has 2 heterocycles. The monoisotopic (exact) mass is 435 g/mol. The van der Waals surface area contributed by atoms with E-state index in [1.807, 2.05) is 23.1 Å². The summed E-state index contributed by atoms with van der Waals surface area (Å²) in [6.07, 6.45) is 3.60. The summed E-state index contributed by atoms with van der Waals surface area (Å²) in [6, 6.07) is 15.2. The minimum absolute atomic E-state index is 0.0727. The van der Waals surface area contributed by atoms with Crippen molar-refractivity contribution >= 4 is 11.8 Å². The molecular weight excluding hydrogens is 409 g/mol. The summed E-state index contributed by atoms with van der Waals surface area (Å²) in [7, 11) is 0. The highest BCUT2D eigenvalue weighted by Gasteiger charge is 2.27. The molecule has 0 bridgehead atoms. The van der Waals surface area contributed by atoms with Crippen LogP contribution in [0.15, 0.2) is 59.1 Å². The highest BCUT2D eigenvalue weighted by Crippen LogP contribution is 2.30. The van der Waals surface area contributed by atoms with E-state index in [-0.39, 0.29) is 17.6 Å². The number of carbonyl (C=O) groups is 2. The van der Waals surface area contributed by atoms with Gasteiger partial charge in [-0.3, -0.25) is 9.59 Å². The van der Waals surface area contributed by atoms with Crippen molar-refractivity contribution in [3.8, 4) is 11.3 Å². The van der Waals surface area contributed by atoms with Crippen LogP contribution in [0.5, 0.6) is 0 Å². The molecule has 3 aromatic rings. The SMILES string of the molecule is O=C(NCCCCCC(=O)N1CCc2noc(-c3ccc(F)cc3)c2C1)c1ccccc1. The number of hydrogen-bond acceptors (Lipinski definition) is 4. The van der Waals surface area contributed by atoms with Crippen molar-refractivity contribution in [1.82, 2.24) is 15.4 Å². The summed E-state index contributed by atoms with van der Waals surface area (Å²) >= 11 is 0. The zero-order valence-electron chi connectivity index (χ0n) is 17.9. The lowest BCUT2D eigenvalue weighted by atomic mass is 10.0. The number of amides is 2. The molecule has 2 amide bonds. The van der Waals surface area contributed by atoms with E-state index < -0.39 is 0 Å². The third kappa shape index (κ3) is 5.22. The Morgan fingerprint density at radius 2 is 1.81 bits per heavy atom. The number of halogens is 1. The van der Waals surface area contributed by atoms with Crippen LogP contribution >= 0.6 is 0 Å². The van der Waals surface area contributed by atoms with E-state index in [1.54, 1.807) is 24.3 Å². The van der Waals surface area contributed by atoms with Gasteiger partial charge in [-0.25, -0.2) is 4.39 Å². The zero-order valence-corrected chi connectivity index (χ0v) is 17.9. The molecule has 0 aliphatic carbocycles. The zero-order chi connectivity index (χ0) is 22.3. The molecule has 7 heteroatoms. The number of carbonyl (C=O) groups excluding carboxylic acids is 2. The molecule has 6 nitrogen and oxygen atoms in total. The lowest BCUT2D eigenvalue weighted by molar-refractivity contribution is -0.132. The number of rotatable bonds is 8. The van der Waals surface area contributed by atoms with Crippen molar-refractivity contribution in [2.45, 2.75) is 38.6 Å². The van der Waals surface area contributed by atoms with Crippen molar-refractivity contribution in [2.75, 3.05) is 13.1 Å². The molecule has 1 N–H and O–H groups in total. The second kappa shape index (κ2) is 10.2. The molecule has 166 valence electrons. The lowest BCUT2D eigenvalue weighted by Crippen LogP contribution is -2.35. The van der Waals surface area contributed by atoms with Gasteiger partial charge in [-0.05, 0) is 49.2 Å². The molecule has 4 rings (SSSR count). The fourth-order valence-corrected chi connectivity index (χ4v) is 3.88. The molecule has 0 radical (unpaired) electrons. The fraction of sp³-hybridized carbons (Fsp3) is 0.320. The number of nitrogens with one attached hydrogen (secondary N) is 1. The lowest BCUT2D eigenvalue weighted by Gasteiger charge is -2.26. The van der Waals surface area contributed by atoms with Gasteiger partial charge < -0.3 is 14.7 Å². The molecule has 2 aromatic carbocycles. The van der Waals surface area contributed by atoms with Crippen molar-refractivity contribution < 1.29 is 18.5 Å². The van der Waals surface area contributed by atoms with E-state index in [9.17, 15) is 14.0 Å². The van der Waals surface area contributed by atoms with Gasteiger partial charge in [0.25, 0.3) is 5.91 Å². The van der Waals surface area contributed by atoms with Gasteiger partial charge in [0.15, 0.2) is 5.76 Å². The Kier molecular flexibility index (Phi) is 6.94. The van der Waals surface area contributed by atoms with Crippen LogP contribution in [0, 0.1) is 5.82 Å². The van der Waals surface area contributed by atoms with Gasteiger partial charge in [0.05, 0.1) is 12.2 Å². The standard InChI is InChI=1S/C25H26FN3O3/c26-20-12-10-18(11-13-20)24-21-17-29(16-14-22(21)28-32-24)23(30)9-5-2-6-15-27-25(31)19-7-3-1-4-8-19/h1,3-4,7-8,10-13H,2,5-6,9,14-17H2,(H,27,31). The minimum Gasteiger partial charge on any atom is -0.356 e. The Morgan fingerprint density at radius 3 is 2.59 bits per heavy atom. The average Bonchev–Trinajstić information content (AvgIpc) is 3.25. The first-order valence-electron chi connectivity index (χ1n) is 11.0. The van der Waals surface area contributed by atoms with Gasteiger partial charge >= 0.3 is 0 Å². The molecule has 1 aromatic heterocycles. The third-order valence-electron chi connectivity index (χ3n) is 5.69. The van der Waals surface area contributed by atoms with Crippen LogP contribution in [-0.4, -0.2) is 35.0 Å². The topological polar surface area (TPSA) is 75.4 Å². The molecule has 0 unspecified atom stereocenters. The van der Waals surface area contributed by atoms with Crippen LogP contribution in [0.2, 0.25) is 0 Å². The number of aromatic nitrogens is 1. The summed E-state index contributed by atoms with van der Waals surface area (Å²) in [5.41, 5.74) is 3.18. The summed E-state index contributed by atoms with van der Waals surface area (Å²) in [4.78, 5) is 26.6. The van der Waals surface area contributed by atoms with E-state index in [1.165, 1.54) is 12.1 Å². The Hall–Kier alpha value is -3.48. The predicted molar refractivity (Wildman–Crippen MR) is 118 cm³/mol. The van der Waals surface area contributed by atoms with Crippen LogP contribution in [0.4, 0.5) is 4.39 Å². The minimum atomic E-state index is -0.307. The van der Waals surface area contributed by atoms with Crippen LogP contribution < -0.4 is 5.32 Å². The van der Waals surface area contributed by atoms with Gasteiger partial charge in [-0.1, -0.05) is 29.8 Å². The van der Waals surface area contributed by atoms with E-state index in [0.29, 0.717) is 43.8 Å². The van der Waals surface area contributed by atoms with Crippen LogP contribution in [0.25, 0.3) is 11.3 Å². The Balaban J connectivity index is 1.21. The van der Waals surface area contributed by atoms with Gasteiger partial charge in [0.1, 0.15) is 5.82 Å². The van der Waals surface area contributed by atoms with Crippen molar-refractivity contribution in [3.05, 3.63) is 77.2 Å². The summed E-state index contributed by atoms with van der Waals surface area (Å²) in [6.45, 7) is 1.67. The first kappa shape index (κ1) is 21.7. The van der Waals surface area contributed by atoms with E-state index in [4.69, 9.17) is 4.52 Å². The van der Waals surface area contributed by atoms with Crippen molar-refractivity contribution in [3.63, 3.8) is 0 Å². The maximum Gasteiger partial charge on any atom is 0.251 e. The number of hydrogen-bond donors (Lipinski definition) is 1. The maximum atomic E-state index is 13.2. The number of fused-ring (bicyclic) bond motifs is 1. The first-order chi connectivity index (χ1) is 15.6. The summed E-state index contributed by atoms with van der Waals surface area (Å²) in [5, 5.41) is 7.05. The molecular formula is C25H26FN3O3. The van der Waals surface area contributed by atoms with Crippen molar-refractivity contribution in [2.24, 2.45) is 0 Å². The average molecular weight is 435 g/mol. The molecule has 0 atom stereocenters. The maximum absolute atomic E-state index is 13.2. The fourth-order valence-electron chi connectivity index (χ4n) is 3.88. The van der Waals surface area contributed by atoms with E-state index in [2.05, 4.69) is 10.5 Å². The van der Waals surface area contributed by atoms with Gasteiger partial charge in [0, 0.05) is 42.6 Å². The van der Waals surface area contributed by atoms with E-state index >= 15 is 0 Å². The number of unbranched alkanes of at least 4 members (excludes halogenated alkanes) is 2. The van der Waals surface area contributed by atoms with Gasteiger partial charge in [-0.15, -0.1) is 0 Å². The normalized spacial score (nSPS) is 13.0. The molecule has 32 heavy (non-hydrogen) atoms. The Bertz CT molecular complexity index is 1060. The Labute approximate surface area is 186 Å². The quantitative estimate of drug-likeness (QED) is 0.534. The number of benzene rings is 2. The largest absolute Gasteiger partial charge is 0.356 e. The molecule has 0 spiro atoms. The highest BCUT2D eigenvalue weighted by molar-refractivity contribution is 5.94. The first-order valence-corrected chi connectivity index (χ1v) is 11.0. The third-order valence-corrected chi connectivity index (χ3v) is 5.69. The smallest absolute Gasteiger partial charge is 0.251 e. The van der Waals surface area contributed by atoms with Gasteiger partial charge in [-0.2, -0.15) is 0 Å². The van der Waals surface area contributed by atoms with Gasteiger partial charge in [0.2, 0.25) is 5.91 Å². The predicted octanol–water partition coefficient (Wildman–Crippen LogP) is 4.36. The number of nitrogens with zero attached hydrogens (tertiary/aromatic N) is 2. The molecule has 1 aliphatic rings. The summed E-state index contributed by atoms with van der Waals surface area (Å²) < 4.78 is 18.7. The van der Waals surface area contributed by atoms with Crippen LogP contribution in [-0.2, 0) is 17.8 Å². The van der Waals surface area contributed by atoms with Crippen LogP contribution in [0.3, 0.4) is 0 Å². The molecule has 0 saturated heterocycles. The van der Waals surface area contributed by atoms with Crippen molar-refractivity contribution in [1.29, 1.82) is 0 Å². The highest BCUT2D eigenvalue weighted by atomic mass is 19.1. The van der Waals surface area contributed by atoms with E-state index in [0.717, 1.165) is 36.1 Å². The second-order valence-corrected chi connectivity index (χ2v) is 7.94. The Morgan fingerprint density at radius 1 is 1.03 bits per heavy atom. The summed E-state index contributed by atoms with van der Waals surface area (Å²) in [5.74, 6) is 0.330.